The summed E-state index contributed by atoms with van der Waals surface area (Å²) >= 11 is 0. The smallest absolute Gasteiger partial charge is 0.0868 e. The highest BCUT2D eigenvalue weighted by Gasteiger charge is 2.37. The van der Waals surface area contributed by atoms with Gasteiger partial charge in [0.1, 0.15) is 0 Å². The molecule has 0 aromatic rings. The molecule has 4 nitrogen and oxygen atoms in total. The van der Waals surface area contributed by atoms with E-state index in [4.69, 9.17) is 5.11 Å². The monoisotopic (exact) mass is 329 g/mol. The highest BCUT2D eigenvalue weighted by atomic mass is 16.3. The molecule has 1 unspecified atom stereocenters. The molecule has 1 rings (SSSR count). The molecule has 0 spiro atoms. The lowest BCUT2D eigenvalue weighted by atomic mass is 9.89. The molecule has 4 N–H and O–H groups in total. The van der Waals surface area contributed by atoms with Gasteiger partial charge in [-0.2, -0.15) is 0 Å². The number of unbranched alkanes of at least 4 members (excludes halogenated alkanes) is 7. The summed E-state index contributed by atoms with van der Waals surface area (Å²) < 4.78 is 0. The van der Waals surface area contributed by atoms with Crippen LogP contribution in [0.1, 0.15) is 84.5 Å². The fourth-order valence-electron chi connectivity index (χ4n) is 3.38. The topological polar surface area (TPSA) is 72.7 Å². The van der Waals surface area contributed by atoms with E-state index < -0.39 is 0 Å². The first kappa shape index (κ1) is 20.9. The zero-order valence-electron chi connectivity index (χ0n) is 15.2. The van der Waals surface area contributed by atoms with E-state index in [9.17, 15) is 10.2 Å². The van der Waals surface area contributed by atoms with E-state index in [0.717, 1.165) is 32.1 Å². The molecule has 0 amide bonds. The summed E-state index contributed by atoms with van der Waals surface area (Å²) in [7, 11) is 0. The molecular formula is C19H39NO3. The van der Waals surface area contributed by atoms with Crippen LogP contribution in [0.2, 0.25) is 0 Å². The van der Waals surface area contributed by atoms with Crippen LogP contribution in [0.3, 0.4) is 0 Å². The highest BCUT2D eigenvalue weighted by molar-refractivity contribution is 4.97. The van der Waals surface area contributed by atoms with E-state index in [-0.39, 0.29) is 30.9 Å². The molecule has 0 bridgehead atoms. The number of hydrogen-bond donors (Lipinski definition) is 4. The van der Waals surface area contributed by atoms with Crippen molar-refractivity contribution in [3.05, 3.63) is 0 Å². The first-order valence-corrected chi connectivity index (χ1v) is 9.83. The minimum Gasteiger partial charge on any atom is -0.395 e. The Morgan fingerprint density at radius 3 is 2.00 bits per heavy atom. The van der Waals surface area contributed by atoms with Gasteiger partial charge in [-0.3, -0.25) is 0 Å². The van der Waals surface area contributed by atoms with Crippen LogP contribution in [0.25, 0.3) is 0 Å². The lowest BCUT2D eigenvalue weighted by Gasteiger charge is -2.42. The Balaban J connectivity index is 1.80. The average Bonchev–Trinajstić information content (AvgIpc) is 2.56. The molecule has 0 aromatic carbocycles. The molecule has 0 radical (unpaired) electrons. The minimum atomic E-state index is -0.356. The Labute approximate surface area is 142 Å². The first-order valence-electron chi connectivity index (χ1n) is 9.83. The van der Waals surface area contributed by atoms with E-state index in [1.807, 2.05) is 0 Å². The minimum absolute atomic E-state index is 0.0338. The second kappa shape index (κ2) is 12.2. The van der Waals surface area contributed by atoms with Crippen molar-refractivity contribution in [2.45, 2.75) is 109 Å². The Morgan fingerprint density at radius 2 is 1.48 bits per heavy atom. The molecular weight excluding hydrogens is 290 g/mol. The summed E-state index contributed by atoms with van der Waals surface area (Å²) in [4.78, 5) is 0. The third kappa shape index (κ3) is 7.97. The quantitative estimate of drug-likeness (QED) is 0.370. The van der Waals surface area contributed by atoms with E-state index in [1.165, 1.54) is 38.5 Å². The largest absolute Gasteiger partial charge is 0.395 e. The number of hydrogen-bond acceptors (Lipinski definition) is 4. The molecule has 4 heteroatoms. The summed E-state index contributed by atoms with van der Waals surface area (Å²) in [5.41, 5.74) is 0. The van der Waals surface area contributed by atoms with Crippen LogP contribution in [-0.2, 0) is 0 Å². The number of aliphatic hydroxyl groups excluding tert-OH is 3. The van der Waals surface area contributed by atoms with Crippen LogP contribution in [0.4, 0.5) is 0 Å². The SMILES string of the molecule is CCC(C)[C@@H](O)CCCCCCCCCC[C@@H]1N[C@@H](CO)[C@@H]1O. The molecule has 0 aromatic heterocycles. The van der Waals surface area contributed by atoms with Crippen LogP contribution in [0.15, 0.2) is 0 Å². The third-order valence-corrected chi connectivity index (χ3v) is 5.52. The molecule has 1 fully saturated rings. The maximum Gasteiger partial charge on any atom is 0.0868 e. The van der Waals surface area contributed by atoms with E-state index in [2.05, 4.69) is 19.2 Å². The molecule has 1 aliphatic rings. The van der Waals surface area contributed by atoms with Gasteiger partial charge >= 0.3 is 0 Å². The second-order valence-corrected chi connectivity index (χ2v) is 7.41. The maximum absolute atomic E-state index is 9.90. The molecule has 1 aliphatic heterocycles. The maximum atomic E-state index is 9.90. The Kier molecular flexibility index (Phi) is 11.1. The van der Waals surface area contributed by atoms with Gasteiger partial charge in [-0.25, -0.2) is 0 Å². The summed E-state index contributed by atoms with van der Waals surface area (Å²) in [6.07, 6.45) is 12.5. The standard InChI is InChI=1S/C19H39NO3/c1-3-15(2)18(22)13-11-9-7-5-4-6-8-10-12-16-19(23)17(14-21)20-16/h15-23H,3-14H2,1-2H3/t15?,16-,17-,18-,19+/m0/s1. The fraction of sp³-hybridized carbons (Fsp3) is 1.00. The predicted molar refractivity (Wildman–Crippen MR) is 95.4 cm³/mol. The first-order chi connectivity index (χ1) is 11.1. The van der Waals surface area contributed by atoms with Gasteiger partial charge < -0.3 is 20.6 Å². The summed E-state index contributed by atoms with van der Waals surface area (Å²) in [5.74, 6) is 0.436. The van der Waals surface area contributed by atoms with Gasteiger partial charge in [0.2, 0.25) is 0 Å². The molecule has 1 heterocycles. The summed E-state index contributed by atoms with van der Waals surface area (Å²) in [5, 5.41) is 31.8. The highest BCUT2D eigenvalue weighted by Crippen LogP contribution is 2.19. The van der Waals surface area contributed by atoms with Crippen molar-refractivity contribution in [2.24, 2.45) is 5.92 Å². The van der Waals surface area contributed by atoms with Crippen molar-refractivity contribution >= 4 is 0 Å². The molecule has 138 valence electrons. The van der Waals surface area contributed by atoms with Crippen molar-refractivity contribution in [2.75, 3.05) is 6.61 Å². The zero-order chi connectivity index (χ0) is 17.1. The van der Waals surface area contributed by atoms with Gasteiger partial charge in [-0.15, -0.1) is 0 Å². The van der Waals surface area contributed by atoms with Gasteiger partial charge in [-0.05, 0) is 18.8 Å². The molecule has 0 saturated carbocycles. The van der Waals surface area contributed by atoms with Crippen molar-refractivity contribution in [1.82, 2.24) is 5.32 Å². The Bertz CT molecular complexity index is 288. The van der Waals surface area contributed by atoms with Gasteiger partial charge in [-0.1, -0.05) is 71.6 Å². The van der Waals surface area contributed by atoms with Crippen molar-refractivity contribution in [1.29, 1.82) is 0 Å². The van der Waals surface area contributed by atoms with Crippen LogP contribution in [0, 0.1) is 5.92 Å². The molecule has 0 aliphatic carbocycles. The van der Waals surface area contributed by atoms with Crippen LogP contribution < -0.4 is 5.32 Å². The van der Waals surface area contributed by atoms with Gasteiger partial charge in [0.05, 0.1) is 24.9 Å². The average molecular weight is 330 g/mol. The molecule has 5 atom stereocenters. The zero-order valence-corrected chi connectivity index (χ0v) is 15.2. The normalized spacial score (nSPS) is 26.7. The second-order valence-electron chi connectivity index (χ2n) is 7.41. The van der Waals surface area contributed by atoms with Crippen LogP contribution in [0.5, 0.6) is 0 Å². The number of aliphatic hydroxyl groups is 3. The van der Waals surface area contributed by atoms with E-state index >= 15 is 0 Å². The van der Waals surface area contributed by atoms with E-state index in [0.29, 0.717) is 5.92 Å². The third-order valence-electron chi connectivity index (χ3n) is 5.52. The molecule has 1 saturated heterocycles. The lowest BCUT2D eigenvalue weighted by Crippen LogP contribution is -2.66. The van der Waals surface area contributed by atoms with Crippen LogP contribution in [-0.4, -0.2) is 46.2 Å². The summed E-state index contributed by atoms with van der Waals surface area (Å²) in [6.45, 7) is 4.30. The Hall–Kier alpha value is -0.160. The number of nitrogens with one attached hydrogen (secondary N) is 1. The van der Waals surface area contributed by atoms with Gasteiger partial charge in [0.15, 0.2) is 0 Å². The molecule has 23 heavy (non-hydrogen) atoms. The number of rotatable bonds is 14. The van der Waals surface area contributed by atoms with Crippen LogP contribution >= 0.6 is 0 Å². The van der Waals surface area contributed by atoms with Crippen molar-refractivity contribution in [3.63, 3.8) is 0 Å². The predicted octanol–water partition coefficient (Wildman–Crippen LogP) is 2.99. The summed E-state index contributed by atoms with van der Waals surface area (Å²) in [6, 6.07) is 0.0999. The fourth-order valence-corrected chi connectivity index (χ4v) is 3.38. The Morgan fingerprint density at radius 1 is 0.913 bits per heavy atom. The van der Waals surface area contributed by atoms with Crippen molar-refractivity contribution < 1.29 is 15.3 Å². The lowest BCUT2D eigenvalue weighted by molar-refractivity contribution is -0.0192. The van der Waals surface area contributed by atoms with Crippen molar-refractivity contribution in [3.8, 4) is 0 Å². The van der Waals surface area contributed by atoms with Gasteiger partial charge in [0.25, 0.3) is 0 Å². The van der Waals surface area contributed by atoms with E-state index in [1.54, 1.807) is 0 Å². The van der Waals surface area contributed by atoms with Gasteiger partial charge in [0, 0.05) is 6.04 Å².